The Balaban J connectivity index is -0.000000277. The zero-order chi connectivity index (χ0) is 14.1. The number of carbonyl (C=O) groups excluding carboxylic acids is 1. The van der Waals surface area contributed by atoms with Crippen LogP contribution in [0.4, 0.5) is 0 Å². The summed E-state index contributed by atoms with van der Waals surface area (Å²) in [4.78, 5) is 10.6. The number of nitrogens with zero attached hydrogens (tertiary/aromatic N) is 1. The highest BCUT2D eigenvalue weighted by molar-refractivity contribution is 7.80. The standard InChI is InChI=1S/C8H16NO2.CH4O4S.ClH/c1-5-8(10)11-7-6-9(2,3)4;1-5-6(2,3)4;/h5H,1,6-7H2,2-4H3;1H3,(H,2,3,4);1H/q+1;;. The Bertz CT molecular complexity index is 335. The quantitative estimate of drug-likeness (QED) is 0.339. The van der Waals surface area contributed by atoms with Crippen LogP contribution in [0.3, 0.4) is 0 Å². The molecule has 0 fully saturated rings. The van der Waals surface area contributed by atoms with E-state index in [1.165, 1.54) is 6.08 Å². The Labute approximate surface area is 114 Å². The third-order valence-electron chi connectivity index (χ3n) is 1.38. The van der Waals surface area contributed by atoms with Gasteiger partial charge in [0, 0.05) is 6.08 Å². The molecule has 0 bridgehead atoms. The summed E-state index contributed by atoms with van der Waals surface area (Å²) in [7, 11) is 2.84. The van der Waals surface area contributed by atoms with E-state index in [0.29, 0.717) is 6.61 Å². The molecule has 0 saturated heterocycles. The zero-order valence-corrected chi connectivity index (χ0v) is 12.6. The number of rotatable bonds is 5. The fourth-order valence-electron chi connectivity index (χ4n) is 0.479. The molecule has 0 atom stereocenters. The summed E-state index contributed by atoms with van der Waals surface area (Å²) in [5, 5.41) is 0. The molecule has 1 N–H and O–H groups in total. The first-order chi connectivity index (χ1) is 7.52. The zero-order valence-electron chi connectivity index (χ0n) is 11.0. The molecule has 0 aliphatic heterocycles. The van der Waals surface area contributed by atoms with Crippen molar-refractivity contribution in [3.05, 3.63) is 12.7 Å². The van der Waals surface area contributed by atoms with Crippen molar-refractivity contribution in [1.29, 1.82) is 0 Å². The van der Waals surface area contributed by atoms with Crippen molar-refractivity contribution in [1.82, 2.24) is 0 Å². The minimum absolute atomic E-state index is 0. The third kappa shape index (κ3) is 24.5. The first-order valence-electron chi connectivity index (χ1n) is 4.64. The number of likely N-dealkylation sites (N-methyl/N-ethyl adjacent to an activating group) is 1. The van der Waals surface area contributed by atoms with Crippen molar-refractivity contribution in [2.24, 2.45) is 0 Å². The third-order valence-corrected chi connectivity index (χ3v) is 1.80. The molecule has 0 aliphatic carbocycles. The maximum Gasteiger partial charge on any atom is 0.397 e. The lowest BCUT2D eigenvalue weighted by Crippen LogP contribution is -2.37. The maximum absolute atomic E-state index is 10.6. The number of quaternary nitrogens is 1. The molecule has 0 aromatic carbocycles. The second-order valence-corrected chi connectivity index (χ2v) is 5.17. The number of hydrogen-bond donors (Lipinski definition) is 1. The molecule has 0 aromatic heterocycles. The van der Waals surface area contributed by atoms with E-state index in [4.69, 9.17) is 9.29 Å². The van der Waals surface area contributed by atoms with E-state index in [2.05, 4.69) is 10.8 Å². The van der Waals surface area contributed by atoms with Gasteiger partial charge >= 0.3 is 16.4 Å². The monoisotopic (exact) mass is 306 g/mol. The molecule has 0 radical (unpaired) electrons. The molecular formula is C9H21ClNO6S+. The van der Waals surface area contributed by atoms with Gasteiger partial charge in [0.2, 0.25) is 0 Å². The van der Waals surface area contributed by atoms with E-state index in [0.717, 1.165) is 18.1 Å². The molecule has 110 valence electrons. The predicted octanol–water partition coefficient (Wildman–Crippen LogP) is 0.279. The number of carbonyl (C=O) groups is 1. The van der Waals surface area contributed by atoms with Crippen LogP contribution in [0.2, 0.25) is 0 Å². The van der Waals surface area contributed by atoms with Gasteiger partial charge in [-0.3, -0.25) is 8.74 Å². The highest BCUT2D eigenvalue weighted by Crippen LogP contribution is 1.89. The molecule has 0 rings (SSSR count). The topological polar surface area (TPSA) is 89.9 Å². The average Bonchev–Trinajstić information content (AvgIpc) is 2.15. The van der Waals surface area contributed by atoms with Crippen LogP contribution in [0.5, 0.6) is 0 Å². The molecule has 0 unspecified atom stereocenters. The van der Waals surface area contributed by atoms with Gasteiger partial charge in [-0.15, -0.1) is 12.4 Å². The van der Waals surface area contributed by atoms with Gasteiger partial charge in [-0.1, -0.05) is 6.58 Å². The van der Waals surface area contributed by atoms with Gasteiger partial charge < -0.3 is 9.22 Å². The van der Waals surface area contributed by atoms with Gasteiger partial charge in [-0.05, 0) is 0 Å². The largest absolute Gasteiger partial charge is 0.457 e. The minimum atomic E-state index is -4.16. The van der Waals surface area contributed by atoms with Gasteiger partial charge in [-0.2, -0.15) is 8.42 Å². The lowest BCUT2D eigenvalue weighted by molar-refractivity contribution is -0.870. The van der Waals surface area contributed by atoms with E-state index in [-0.39, 0.29) is 18.4 Å². The van der Waals surface area contributed by atoms with Gasteiger partial charge in [0.05, 0.1) is 28.3 Å². The van der Waals surface area contributed by atoms with Crippen molar-refractivity contribution >= 4 is 28.8 Å². The fourth-order valence-corrected chi connectivity index (χ4v) is 0.479. The minimum Gasteiger partial charge on any atom is -0.457 e. The SMILES string of the molecule is C=CC(=O)OCC[N+](C)(C)C.COS(=O)(=O)O.Cl. The highest BCUT2D eigenvalue weighted by atomic mass is 35.5. The summed E-state index contributed by atoms with van der Waals surface area (Å²) in [6, 6.07) is 0. The predicted molar refractivity (Wildman–Crippen MR) is 69.9 cm³/mol. The Morgan fingerprint density at radius 2 is 1.78 bits per heavy atom. The van der Waals surface area contributed by atoms with Crippen LogP contribution in [0.1, 0.15) is 0 Å². The van der Waals surface area contributed by atoms with Crippen LogP contribution in [-0.4, -0.2) is 64.8 Å². The van der Waals surface area contributed by atoms with Crippen molar-refractivity contribution < 1.29 is 31.2 Å². The van der Waals surface area contributed by atoms with Crippen LogP contribution in [0, 0.1) is 0 Å². The number of hydrogen-bond acceptors (Lipinski definition) is 5. The van der Waals surface area contributed by atoms with Crippen LogP contribution in [0.15, 0.2) is 12.7 Å². The molecule has 0 aromatic rings. The smallest absolute Gasteiger partial charge is 0.397 e. The second-order valence-electron chi connectivity index (χ2n) is 3.98. The molecule has 18 heavy (non-hydrogen) atoms. The van der Waals surface area contributed by atoms with Crippen molar-refractivity contribution in [2.75, 3.05) is 41.4 Å². The van der Waals surface area contributed by atoms with Gasteiger partial charge in [-0.25, -0.2) is 4.79 Å². The molecule has 0 saturated carbocycles. The van der Waals surface area contributed by atoms with Crippen LogP contribution < -0.4 is 0 Å². The Hall–Kier alpha value is -0.670. The van der Waals surface area contributed by atoms with Crippen LogP contribution >= 0.6 is 12.4 Å². The summed E-state index contributed by atoms with van der Waals surface area (Å²) < 4.78 is 35.3. The normalized spacial score (nSPS) is 10.5. The average molecular weight is 307 g/mol. The summed E-state index contributed by atoms with van der Waals surface area (Å²) in [6.07, 6.45) is 1.18. The van der Waals surface area contributed by atoms with Gasteiger partial charge in [0.15, 0.2) is 0 Å². The first kappa shape index (κ1) is 22.5. The van der Waals surface area contributed by atoms with Crippen molar-refractivity contribution in [3.63, 3.8) is 0 Å². The highest BCUT2D eigenvalue weighted by Gasteiger charge is 2.06. The Kier molecular flexibility index (Phi) is 12.8. The van der Waals surface area contributed by atoms with E-state index >= 15 is 0 Å². The molecule has 0 spiro atoms. The van der Waals surface area contributed by atoms with E-state index in [1.54, 1.807) is 0 Å². The van der Waals surface area contributed by atoms with Crippen molar-refractivity contribution in [3.8, 4) is 0 Å². The van der Waals surface area contributed by atoms with E-state index < -0.39 is 10.4 Å². The van der Waals surface area contributed by atoms with E-state index in [1.807, 2.05) is 21.1 Å². The molecule has 7 nitrogen and oxygen atoms in total. The maximum atomic E-state index is 10.6. The molecule has 0 amide bonds. The number of halogens is 1. The second kappa shape index (κ2) is 10.3. The summed E-state index contributed by atoms with van der Waals surface area (Å²) in [6.45, 7) is 4.57. The van der Waals surface area contributed by atoms with Crippen LogP contribution in [-0.2, 0) is 24.1 Å². The number of esters is 1. The van der Waals surface area contributed by atoms with E-state index in [9.17, 15) is 13.2 Å². The molecule has 0 aliphatic rings. The summed E-state index contributed by atoms with van der Waals surface area (Å²) in [5.74, 6) is -0.349. The molecule has 9 heteroatoms. The fraction of sp³-hybridized carbons (Fsp3) is 0.667. The molecular weight excluding hydrogens is 286 g/mol. The Morgan fingerprint density at radius 1 is 1.39 bits per heavy atom. The van der Waals surface area contributed by atoms with Crippen LogP contribution in [0.25, 0.3) is 0 Å². The molecule has 0 heterocycles. The number of ether oxygens (including phenoxy) is 1. The lowest BCUT2D eigenvalue weighted by atomic mass is 10.5. The Morgan fingerprint density at radius 3 is 2.00 bits per heavy atom. The first-order valence-corrected chi connectivity index (χ1v) is 6.01. The summed E-state index contributed by atoms with van der Waals surface area (Å²) in [5.41, 5.74) is 0. The van der Waals surface area contributed by atoms with Gasteiger partial charge in [0.1, 0.15) is 13.2 Å². The van der Waals surface area contributed by atoms with Gasteiger partial charge in [0.25, 0.3) is 0 Å². The summed E-state index contributed by atoms with van der Waals surface area (Å²) >= 11 is 0. The van der Waals surface area contributed by atoms with Crippen molar-refractivity contribution in [2.45, 2.75) is 0 Å². The lowest BCUT2D eigenvalue weighted by Gasteiger charge is -2.23.